The zero-order chi connectivity index (χ0) is 11.3. The first kappa shape index (κ1) is 11.7. The Morgan fingerprint density at radius 1 is 1.40 bits per heavy atom. The van der Waals surface area contributed by atoms with E-state index in [1.54, 1.807) is 0 Å². The highest BCUT2D eigenvalue weighted by Gasteiger charge is 2.07. The van der Waals surface area contributed by atoms with Crippen LogP contribution in [-0.2, 0) is 17.8 Å². The molecular weight excluding hydrogens is 188 g/mol. The van der Waals surface area contributed by atoms with Gasteiger partial charge in [-0.25, -0.2) is 0 Å². The maximum absolute atomic E-state index is 10.9. The van der Waals surface area contributed by atoms with Crippen LogP contribution < -0.4 is 11.1 Å². The van der Waals surface area contributed by atoms with Crippen LogP contribution in [0.5, 0.6) is 0 Å². The van der Waals surface area contributed by atoms with E-state index in [0.717, 1.165) is 12.0 Å². The van der Waals surface area contributed by atoms with Gasteiger partial charge in [0.2, 0.25) is 5.91 Å². The van der Waals surface area contributed by atoms with Crippen molar-refractivity contribution in [3.05, 3.63) is 35.4 Å². The predicted octanol–water partition coefficient (Wildman–Crippen LogP) is 1.21. The fourth-order valence-corrected chi connectivity index (χ4v) is 1.68. The van der Waals surface area contributed by atoms with E-state index in [1.165, 1.54) is 12.5 Å². The lowest BCUT2D eigenvalue weighted by atomic mass is 10.0. The first-order chi connectivity index (χ1) is 7.13. The predicted molar refractivity (Wildman–Crippen MR) is 61.3 cm³/mol. The highest BCUT2D eigenvalue weighted by Crippen LogP contribution is 2.10. The number of hydrogen-bond donors (Lipinski definition) is 2. The number of benzene rings is 1. The molecule has 3 nitrogen and oxygen atoms in total. The molecule has 3 heteroatoms. The second-order valence-corrected chi connectivity index (χ2v) is 3.78. The van der Waals surface area contributed by atoms with E-state index < -0.39 is 0 Å². The molecule has 0 heterocycles. The minimum absolute atomic E-state index is 0.00716. The third-order valence-corrected chi connectivity index (χ3v) is 2.31. The number of carbonyl (C=O) groups excluding carboxylic acids is 1. The molecule has 0 radical (unpaired) electrons. The van der Waals surface area contributed by atoms with Gasteiger partial charge in [-0.2, -0.15) is 0 Å². The third kappa shape index (κ3) is 3.72. The number of nitrogens with two attached hydrogens (primary N) is 1. The first-order valence-electron chi connectivity index (χ1n) is 5.17. The molecule has 0 aromatic heterocycles. The summed E-state index contributed by atoms with van der Waals surface area (Å²) in [5, 5.41) is 2.86. The summed E-state index contributed by atoms with van der Waals surface area (Å²) in [6.45, 7) is 4.07. The van der Waals surface area contributed by atoms with E-state index in [0.29, 0.717) is 6.54 Å². The molecule has 0 saturated carbocycles. The van der Waals surface area contributed by atoms with E-state index in [2.05, 4.69) is 11.4 Å². The molecule has 0 aliphatic rings. The smallest absolute Gasteiger partial charge is 0.217 e. The molecule has 0 bridgehead atoms. The second kappa shape index (κ2) is 5.51. The Morgan fingerprint density at radius 2 is 2.00 bits per heavy atom. The molecule has 3 N–H and O–H groups in total. The maximum Gasteiger partial charge on any atom is 0.217 e. The van der Waals surface area contributed by atoms with E-state index >= 15 is 0 Å². The Bertz CT molecular complexity index is 336. The quantitative estimate of drug-likeness (QED) is 0.778. The van der Waals surface area contributed by atoms with Gasteiger partial charge in [0, 0.05) is 19.5 Å². The number of carbonyl (C=O) groups is 1. The van der Waals surface area contributed by atoms with Crippen molar-refractivity contribution in [1.82, 2.24) is 5.32 Å². The van der Waals surface area contributed by atoms with Crippen LogP contribution in [0.25, 0.3) is 0 Å². The summed E-state index contributed by atoms with van der Waals surface area (Å²) in [6.07, 6.45) is 0.826. The lowest BCUT2D eigenvalue weighted by Gasteiger charge is -2.14. The maximum atomic E-state index is 10.9. The summed E-state index contributed by atoms with van der Waals surface area (Å²) in [7, 11) is 0. The van der Waals surface area contributed by atoms with Crippen LogP contribution in [0.15, 0.2) is 24.3 Å². The lowest BCUT2D eigenvalue weighted by Crippen LogP contribution is -2.32. The van der Waals surface area contributed by atoms with Crippen molar-refractivity contribution in [2.75, 3.05) is 0 Å². The Hall–Kier alpha value is -1.35. The molecule has 1 aromatic carbocycles. The zero-order valence-corrected chi connectivity index (χ0v) is 9.29. The summed E-state index contributed by atoms with van der Waals surface area (Å²) in [5.74, 6) is 0.00716. The SMILES string of the molecule is CC(=O)N[C@H](C)Cc1ccccc1CN. The fraction of sp³-hybridized carbons (Fsp3) is 0.417. The molecule has 15 heavy (non-hydrogen) atoms. The van der Waals surface area contributed by atoms with E-state index in [9.17, 15) is 4.79 Å². The third-order valence-electron chi connectivity index (χ3n) is 2.31. The summed E-state index contributed by atoms with van der Waals surface area (Å²) >= 11 is 0. The first-order valence-corrected chi connectivity index (χ1v) is 5.17. The van der Waals surface area contributed by atoms with Gasteiger partial charge >= 0.3 is 0 Å². The second-order valence-electron chi connectivity index (χ2n) is 3.78. The van der Waals surface area contributed by atoms with E-state index in [-0.39, 0.29) is 11.9 Å². The minimum Gasteiger partial charge on any atom is -0.354 e. The molecule has 1 aromatic rings. The molecule has 0 unspecified atom stereocenters. The largest absolute Gasteiger partial charge is 0.354 e. The normalized spacial score (nSPS) is 12.2. The topological polar surface area (TPSA) is 55.1 Å². The van der Waals surface area contributed by atoms with Crippen molar-refractivity contribution in [3.63, 3.8) is 0 Å². The molecule has 0 fully saturated rings. The summed E-state index contributed by atoms with van der Waals surface area (Å²) in [5.41, 5.74) is 8.00. The van der Waals surface area contributed by atoms with Crippen LogP contribution in [0.1, 0.15) is 25.0 Å². The minimum atomic E-state index is 0.00716. The molecule has 0 aliphatic heterocycles. The van der Waals surface area contributed by atoms with Gasteiger partial charge in [-0.3, -0.25) is 4.79 Å². The summed E-state index contributed by atoms with van der Waals surface area (Å²) < 4.78 is 0. The highest BCUT2D eigenvalue weighted by molar-refractivity contribution is 5.73. The van der Waals surface area contributed by atoms with Crippen LogP contribution in [-0.4, -0.2) is 11.9 Å². The highest BCUT2D eigenvalue weighted by atomic mass is 16.1. The van der Waals surface area contributed by atoms with Crippen molar-refractivity contribution < 1.29 is 4.79 Å². The average molecular weight is 206 g/mol. The molecule has 0 saturated heterocycles. The van der Waals surface area contributed by atoms with Gasteiger partial charge in [-0.05, 0) is 24.5 Å². The molecular formula is C12H18N2O. The van der Waals surface area contributed by atoms with Crippen LogP contribution >= 0.6 is 0 Å². The van der Waals surface area contributed by atoms with E-state index in [1.807, 2.05) is 25.1 Å². The Labute approximate surface area is 90.7 Å². The van der Waals surface area contributed by atoms with Crippen molar-refractivity contribution in [1.29, 1.82) is 0 Å². The van der Waals surface area contributed by atoms with Crippen LogP contribution in [0.4, 0.5) is 0 Å². The Balaban J connectivity index is 2.67. The molecule has 1 atom stereocenters. The van der Waals surface area contributed by atoms with E-state index in [4.69, 9.17) is 5.73 Å². The number of hydrogen-bond acceptors (Lipinski definition) is 2. The monoisotopic (exact) mass is 206 g/mol. The van der Waals surface area contributed by atoms with Gasteiger partial charge in [0.1, 0.15) is 0 Å². The molecule has 0 spiro atoms. The zero-order valence-electron chi connectivity index (χ0n) is 9.29. The van der Waals surface area contributed by atoms with Gasteiger partial charge in [-0.15, -0.1) is 0 Å². The Morgan fingerprint density at radius 3 is 2.53 bits per heavy atom. The van der Waals surface area contributed by atoms with Crippen molar-refractivity contribution in [2.24, 2.45) is 5.73 Å². The molecule has 1 rings (SSSR count). The molecule has 1 amide bonds. The Kier molecular flexibility index (Phi) is 4.31. The van der Waals surface area contributed by atoms with Gasteiger partial charge in [0.05, 0.1) is 0 Å². The summed E-state index contributed by atoms with van der Waals surface area (Å²) in [4.78, 5) is 10.9. The number of amides is 1. The van der Waals surface area contributed by atoms with Gasteiger partial charge in [-0.1, -0.05) is 24.3 Å². The van der Waals surface area contributed by atoms with Crippen LogP contribution in [0.3, 0.4) is 0 Å². The van der Waals surface area contributed by atoms with Crippen molar-refractivity contribution in [3.8, 4) is 0 Å². The summed E-state index contributed by atoms with van der Waals surface area (Å²) in [6, 6.07) is 8.20. The van der Waals surface area contributed by atoms with Gasteiger partial charge in [0.25, 0.3) is 0 Å². The fourth-order valence-electron chi connectivity index (χ4n) is 1.68. The lowest BCUT2D eigenvalue weighted by molar-refractivity contribution is -0.119. The number of nitrogens with one attached hydrogen (secondary N) is 1. The molecule has 82 valence electrons. The van der Waals surface area contributed by atoms with Crippen LogP contribution in [0.2, 0.25) is 0 Å². The van der Waals surface area contributed by atoms with Crippen molar-refractivity contribution in [2.45, 2.75) is 32.9 Å². The van der Waals surface area contributed by atoms with Gasteiger partial charge in [0.15, 0.2) is 0 Å². The van der Waals surface area contributed by atoms with Crippen molar-refractivity contribution >= 4 is 5.91 Å². The van der Waals surface area contributed by atoms with Crippen LogP contribution in [0, 0.1) is 0 Å². The number of rotatable bonds is 4. The standard InChI is InChI=1S/C12H18N2O/c1-9(14-10(2)15)7-11-5-3-4-6-12(11)8-13/h3-6,9H,7-8,13H2,1-2H3,(H,14,15)/t9-/m1/s1. The molecule has 0 aliphatic carbocycles. The van der Waals surface area contributed by atoms with Gasteiger partial charge < -0.3 is 11.1 Å². The average Bonchev–Trinajstić information content (AvgIpc) is 2.17.